The fourth-order valence-electron chi connectivity index (χ4n) is 2.88. The molecule has 29 heavy (non-hydrogen) atoms. The largest absolute Gasteiger partial charge is 0.352 e. The van der Waals surface area contributed by atoms with Crippen LogP contribution in [0.4, 0.5) is 10.1 Å². The van der Waals surface area contributed by atoms with E-state index in [2.05, 4.69) is 10.6 Å². The van der Waals surface area contributed by atoms with Crippen molar-refractivity contribution < 1.29 is 14.0 Å². The summed E-state index contributed by atoms with van der Waals surface area (Å²) in [5.41, 5.74) is 2.09. The highest BCUT2D eigenvalue weighted by atomic mass is 35.5. The predicted octanol–water partition coefficient (Wildman–Crippen LogP) is 4.63. The van der Waals surface area contributed by atoms with Gasteiger partial charge in [0.05, 0.1) is 17.7 Å². The third-order valence-electron chi connectivity index (χ3n) is 4.35. The van der Waals surface area contributed by atoms with Crippen molar-refractivity contribution in [1.29, 1.82) is 0 Å². The highest BCUT2D eigenvalue weighted by Gasteiger charge is 2.14. The lowest BCUT2D eigenvalue weighted by molar-refractivity contribution is -0.115. The smallest absolute Gasteiger partial charge is 0.253 e. The second-order valence-electron chi connectivity index (χ2n) is 6.50. The highest BCUT2D eigenvalue weighted by molar-refractivity contribution is 6.30. The summed E-state index contributed by atoms with van der Waals surface area (Å²) >= 11 is 5.73. The third-order valence-corrected chi connectivity index (χ3v) is 4.59. The molecule has 4 nitrogen and oxygen atoms in total. The summed E-state index contributed by atoms with van der Waals surface area (Å²) in [6.07, 6.45) is 0.546. The topological polar surface area (TPSA) is 58.2 Å². The monoisotopic (exact) mass is 410 g/mol. The van der Waals surface area contributed by atoms with Gasteiger partial charge in [-0.15, -0.1) is 0 Å². The van der Waals surface area contributed by atoms with Gasteiger partial charge in [-0.3, -0.25) is 9.59 Å². The Hall–Kier alpha value is -3.18. The Labute approximate surface area is 173 Å². The van der Waals surface area contributed by atoms with Crippen molar-refractivity contribution in [2.24, 2.45) is 0 Å². The molecule has 0 fully saturated rings. The molecule has 0 bridgehead atoms. The van der Waals surface area contributed by atoms with Crippen molar-refractivity contribution in [1.82, 2.24) is 5.32 Å². The lowest BCUT2D eigenvalue weighted by Crippen LogP contribution is -2.27. The number of hydrogen-bond acceptors (Lipinski definition) is 2. The van der Waals surface area contributed by atoms with Gasteiger partial charge in [-0.1, -0.05) is 60.1 Å². The van der Waals surface area contributed by atoms with E-state index in [4.69, 9.17) is 11.6 Å². The van der Waals surface area contributed by atoms with Crippen LogP contribution in [0.1, 0.15) is 21.5 Å². The van der Waals surface area contributed by atoms with Crippen LogP contribution in [0.15, 0.2) is 72.8 Å². The van der Waals surface area contributed by atoms with Crippen LogP contribution in [0, 0.1) is 5.82 Å². The molecule has 3 rings (SSSR count). The molecule has 0 spiro atoms. The summed E-state index contributed by atoms with van der Waals surface area (Å²) in [4.78, 5) is 24.9. The molecule has 0 unspecified atom stereocenters. The molecular formula is C23H20ClFN2O2. The number of halogens is 2. The molecule has 0 aliphatic heterocycles. The van der Waals surface area contributed by atoms with Crippen LogP contribution in [0.25, 0.3) is 0 Å². The molecule has 3 aromatic rings. The Kier molecular flexibility index (Phi) is 6.98. The average molecular weight is 411 g/mol. The van der Waals surface area contributed by atoms with Crippen molar-refractivity contribution in [3.8, 4) is 0 Å². The maximum Gasteiger partial charge on any atom is 0.253 e. The maximum atomic E-state index is 13.9. The predicted molar refractivity (Wildman–Crippen MR) is 113 cm³/mol. The van der Waals surface area contributed by atoms with Crippen LogP contribution < -0.4 is 10.6 Å². The van der Waals surface area contributed by atoms with Crippen LogP contribution in [0.2, 0.25) is 5.02 Å². The van der Waals surface area contributed by atoms with E-state index in [1.54, 1.807) is 24.3 Å². The number of carbonyl (C=O) groups is 2. The first-order chi connectivity index (χ1) is 14.0. The molecule has 0 aliphatic rings. The minimum atomic E-state index is -0.542. The molecule has 0 aliphatic carbocycles. The van der Waals surface area contributed by atoms with Gasteiger partial charge in [0.25, 0.3) is 5.91 Å². The second-order valence-corrected chi connectivity index (χ2v) is 6.93. The number of para-hydroxylation sites is 1. The Morgan fingerprint density at radius 1 is 0.931 bits per heavy atom. The Morgan fingerprint density at radius 3 is 2.41 bits per heavy atom. The highest BCUT2D eigenvalue weighted by Crippen LogP contribution is 2.18. The van der Waals surface area contributed by atoms with E-state index in [0.29, 0.717) is 24.2 Å². The Balaban J connectivity index is 1.61. The molecule has 0 radical (unpaired) electrons. The van der Waals surface area contributed by atoms with E-state index in [1.807, 2.05) is 30.3 Å². The van der Waals surface area contributed by atoms with Gasteiger partial charge >= 0.3 is 0 Å². The van der Waals surface area contributed by atoms with Crippen LogP contribution in [0.3, 0.4) is 0 Å². The van der Waals surface area contributed by atoms with Crippen LogP contribution in [0.5, 0.6) is 0 Å². The van der Waals surface area contributed by atoms with E-state index in [1.165, 1.54) is 12.1 Å². The SMILES string of the molecule is O=C(Cc1ccc(Cl)cc1F)Nc1ccccc1C(=O)NCCc1ccccc1. The average Bonchev–Trinajstić information content (AvgIpc) is 2.71. The van der Waals surface area contributed by atoms with Crippen LogP contribution in [-0.2, 0) is 17.6 Å². The first kappa shape index (κ1) is 20.6. The Morgan fingerprint density at radius 2 is 1.66 bits per heavy atom. The summed E-state index contributed by atoms with van der Waals surface area (Å²) in [5.74, 6) is -1.25. The van der Waals surface area contributed by atoms with Crippen LogP contribution in [-0.4, -0.2) is 18.4 Å². The standard InChI is InChI=1S/C23H20ClFN2O2/c24-18-11-10-17(20(25)15-18)14-22(28)27-21-9-5-4-8-19(21)23(29)26-13-12-16-6-2-1-3-7-16/h1-11,15H,12-14H2,(H,26,29)(H,27,28). The molecule has 2 N–H and O–H groups in total. The van der Waals surface area contributed by atoms with E-state index in [-0.39, 0.29) is 22.9 Å². The van der Waals surface area contributed by atoms with Gasteiger partial charge < -0.3 is 10.6 Å². The normalized spacial score (nSPS) is 10.4. The van der Waals surface area contributed by atoms with E-state index >= 15 is 0 Å². The zero-order chi connectivity index (χ0) is 20.6. The zero-order valence-electron chi connectivity index (χ0n) is 15.6. The van der Waals surface area contributed by atoms with E-state index < -0.39 is 11.7 Å². The van der Waals surface area contributed by atoms with Gasteiger partial charge in [-0.05, 0) is 41.8 Å². The van der Waals surface area contributed by atoms with Crippen molar-refractivity contribution in [3.05, 3.63) is 100 Å². The third kappa shape index (κ3) is 5.90. The first-order valence-electron chi connectivity index (χ1n) is 9.18. The van der Waals surface area contributed by atoms with E-state index in [9.17, 15) is 14.0 Å². The van der Waals surface area contributed by atoms with Gasteiger partial charge in [0, 0.05) is 11.6 Å². The number of amides is 2. The van der Waals surface area contributed by atoms with Gasteiger partial charge in [-0.25, -0.2) is 4.39 Å². The number of nitrogens with one attached hydrogen (secondary N) is 2. The number of benzene rings is 3. The Bertz CT molecular complexity index is 1010. The van der Waals surface area contributed by atoms with E-state index in [0.717, 1.165) is 11.6 Å². The van der Waals surface area contributed by atoms with Gasteiger partial charge in [0.15, 0.2) is 0 Å². The molecule has 6 heteroatoms. The summed E-state index contributed by atoms with van der Waals surface area (Å²) in [7, 11) is 0. The van der Waals surface area contributed by atoms with Gasteiger partial charge in [-0.2, -0.15) is 0 Å². The molecule has 148 valence electrons. The maximum absolute atomic E-state index is 13.9. The van der Waals surface area contributed by atoms with Crippen LogP contribution >= 0.6 is 11.6 Å². The van der Waals surface area contributed by atoms with Gasteiger partial charge in [0.2, 0.25) is 5.91 Å². The number of rotatable bonds is 7. The van der Waals surface area contributed by atoms with Crippen molar-refractivity contribution in [2.75, 3.05) is 11.9 Å². The van der Waals surface area contributed by atoms with Crippen molar-refractivity contribution in [2.45, 2.75) is 12.8 Å². The van der Waals surface area contributed by atoms with Crippen molar-refractivity contribution >= 4 is 29.1 Å². The summed E-state index contributed by atoms with van der Waals surface area (Å²) in [5, 5.41) is 5.82. The quantitative estimate of drug-likeness (QED) is 0.596. The molecule has 0 saturated carbocycles. The molecule has 3 aromatic carbocycles. The number of carbonyl (C=O) groups excluding carboxylic acids is 2. The van der Waals surface area contributed by atoms with Crippen molar-refractivity contribution in [3.63, 3.8) is 0 Å². The first-order valence-corrected chi connectivity index (χ1v) is 9.55. The molecule has 0 aromatic heterocycles. The fourth-order valence-corrected chi connectivity index (χ4v) is 3.04. The number of hydrogen-bond donors (Lipinski definition) is 2. The van der Waals surface area contributed by atoms with Gasteiger partial charge in [0.1, 0.15) is 5.82 Å². The minimum absolute atomic E-state index is 0.160. The molecular weight excluding hydrogens is 391 g/mol. The summed E-state index contributed by atoms with van der Waals surface area (Å²) in [6, 6.07) is 20.7. The zero-order valence-corrected chi connectivity index (χ0v) is 16.4. The number of anilines is 1. The molecule has 0 saturated heterocycles. The summed E-state index contributed by atoms with van der Waals surface area (Å²) < 4.78 is 13.9. The lowest BCUT2D eigenvalue weighted by atomic mass is 10.1. The second kappa shape index (κ2) is 9.85. The summed E-state index contributed by atoms with van der Waals surface area (Å²) in [6.45, 7) is 0.473. The molecule has 0 heterocycles. The molecule has 2 amide bonds. The lowest BCUT2D eigenvalue weighted by Gasteiger charge is -2.12. The minimum Gasteiger partial charge on any atom is -0.352 e. The fraction of sp³-hybridized carbons (Fsp3) is 0.130. The molecule has 0 atom stereocenters.